The molecule has 0 atom stereocenters. The first kappa shape index (κ1) is 14.2. The second kappa shape index (κ2) is 4.91. The van der Waals surface area contributed by atoms with E-state index in [1.165, 1.54) is 11.5 Å². The van der Waals surface area contributed by atoms with Gasteiger partial charge in [0, 0.05) is 25.9 Å². The molecule has 0 aliphatic carbocycles. The maximum Gasteiger partial charge on any atom is 0.261 e. The second-order valence-electron chi connectivity index (χ2n) is 5.49. The molecule has 0 bridgehead atoms. The van der Waals surface area contributed by atoms with E-state index in [1.807, 2.05) is 14.0 Å². The maximum atomic E-state index is 12.6. The van der Waals surface area contributed by atoms with Crippen molar-refractivity contribution in [3.05, 3.63) is 46.1 Å². The van der Waals surface area contributed by atoms with Crippen molar-refractivity contribution in [1.29, 1.82) is 0 Å². The van der Waals surface area contributed by atoms with Crippen molar-refractivity contribution < 1.29 is 4.79 Å². The fraction of sp³-hybridized carbons (Fsp3) is 0.250. The van der Waals surface area contributed by atoms with E-state index in [0.29, 0.717) is 28.0 Å². The van der Waals surface area contributed by atoms with Crippen molar-refractivity contribution in [2.45, 2.75) is 13.8 Å². The zero-order valence-corrected chi connectivity index (χ0v) is 12.9. The van der Waals surface area contributed by atoms with Gasteiger partial charge < -0.3 is 4.57 Å². The molecule has 22 heavy (non-hydrogen) atoms. The number of benzene rings is 1. The Hall–Kier alpha value is -2.76. The van der Waals surface area contributed by atoms with Crippen LogP contribution in [0.25, 0.3) is 22.4 Å². The SMILES string of the molecule is CC(=O)c1cc(C)cc2c(=O)n(C)c(-c3cn(C)cn3)nc12. The van der Waals surface area contributed by atoms with E-state index in [0.717, 1.165) is 5.56 Å². The number of fused-ring (bicyclic) bond motifs is 1. The quantitative estimate of drug-likeness (QED) is 0.677. The molecule has 112 valence electrons. The van der Waals surface area contributed by atoms with Crippen LogP contribution in [-0.2, 0) is 14.1 Å². The van der Waals surface area contributed by atoms with Crippen LogP contribution in [0.5, 0.6) is 0 Å². The number of rotatable bonds is 2. The number of imidazole rings is 1. The molecular weight excluding hydrogens is 280 g/mol. The van der Waals surface area contributed by atoms with Gasteiger partial charge in [0.15, 0.2) is 11.6 Å². The van der Waals surface area contributed by atoms with E-state index in [-0.39, 0.29) is 11.3 Å². The number of carbonyl (C=O) groups is 1. The van der Waals surface area contributed by atoms with Crippen LogP contribution in [0.1, 0.15) is 22.8 Å². The van der Waals surface area contributed by atoms with Gasteiger partial charge in [-0.15, -0.1) is 0 Å². The zero-order valence-electron chi connectivity index (χ0n) is 12.9. The standard InChI is InChI=1S/C16H16N4O2/c1-9-5-11(10(2)21)14-12(6-9)16(22)20(4)15(18-14)13-7-19(3)8-17-13/h5-8H,1-4H3. The molecule has 0 aliphatic rings. The van der Waals surface area contributed by atoms with Crippen LogP contribution >= 0.6 is 0 Å². The average molecular weight is 296 g/mol. The Morgan fingerprint density at radius 1 is 1.23 bits per heavy atom. The third-order valence-electron chi connectivity index (χ3n) is 3.64. The predicted octanol–water partition coefficient (Wildman–Crippen LogP) is 1.85. The van der Waals surface area contributed by atoms with E-state index in [2.05, 4.69) is 9.97 Å². The second-order valence-corrected chi connectivity index (χ2v) is 5.49. The van der Waals surface area contributed by atoms with Crippen LogP contribution in [0.4, 0.5) is 0 Å². The van der Waals surface area contributed by atoms with E-state index in [4.69, 9.17) is 0 Å². The van der Waals surface area contributed by atoms with Crippen LogP contribution in [0.15, 0.2) is 29.5 Å². The fourth-order valence-electron chi connectivity index (χ4n) is 2.55. The van der Waals surface area contributed by atoms with E-state index in [1.54, 1.807) is 36.3 Å². The third-order valence-corrected chi connectivity index (χ3v) is 3.64. The highest BCUT2D eigenvalue weighted by atomic mass is 16.1. The lowest BCUT2D eigenvalue weighted by molar-refractivity contribution is 0.101. The molecule has 0 radical (unpaired) electrons. The molecule has 0 saturated heterocycles. The lowest BCUT2D eigenvalue weighted by Gasteiger charge is -2.10. The summed E-state index contributed by atoms with van der Waals surface area (Å²) in [6, 6.07) is 3.53. The van der Waals surface area contributed by atoms with Gasteiger partial charge in [-0.05, 0) is 31.5 Å². The highest BCUT2D eigenvalue weighted by Gasteiger charge is 2.16. The van der Waals surface area contributed by atoms with Crippen LogP contribution in [0.3, 0.4) is 0 Å². The lowest BCUT2D eigenvalue weighted by Crippen LogP contribution is -2.21. The van der Waals surface area contributed by atoms with E-state index in [9.17, 15) is 9.59 Å². The van der Waals surface area contributed by atoms with Gasteiger partial charge in [0.25, 0.3) is 5.56 Å². The molecule has 6 heteroatoms. The summed E-state index contributed by atoms with van der Waals surface area (Å²) in [7, 11) is 3.51. The molecule has 3 aromatic rings. The Morgan fingerprint density at radius 3 is 2.55 bits per heavy atom. The molecule has 1 aromatic carbocycles. The summed E-state index contributed by atoms with van der Waals surface area (Å²) in [5.41, 5.74) is 2.17. The van der Waals surface area contributed by atoms with Crippen molar-refractivity contribution in [2.75, 3.05) is 0 Å². The molecule has 0 fully saturated rings. The average Bonchev–Trinajstić information content (AvgIpc) is 2.88. The maximum absolute atomic E-state index is 12.6. The van der Waals surface area contributed by atoms with Crippen molar-refractivity contribution in [1.82, 2.24) is 19.1 Å². The molecule has 6 nitrogen and oxygen atoms in total. The van der Waals surface area contributed by atoms with E-state index >= 15 is 0 Å². The number of hydrogen-bond acceptors (Lipinski definition) is 4. The summed E-state index contributed by atoms with van der Waals surface area (Å²) in [6.45, 7) is 3.34. The van der Waals surface area contributed by atoms with Gasteiger partial charge in [0.1, 0.15) is 5.69 Å². The van der Waals surface area contributed by atoms with Gasteiger partial charge >= 0.3 is 0 Å². The molecular formula is C16H16N4O2. The topological polar surface area (TPSA) is 69.8 Å². The lowest BCUT2D eigenvalue weighted by atomic mass is 10.0. The summed E-state index contributed by atoms with van der Waals surface area (Å²) in [5, 5.41) is 0.451. The normalized spacial score (nSPS) is 11.1. The first-order valence-corrected chi connectivity index (χ1v) is 6.89. The molecule has 3 rings (SSSR count). The Kier molecular flexibility index (Phi) is 3.16. The van der Waals surface area contributed by atoms with Crippen molar-refractivity contribution in [2.24, 2.45) is 14.1 Å². The Bertz CT molecular complexity index is 966. The van der Waals surface area contributed by atoms with Crippen molar-refractivity contribution in [3.63, 3.8) is 0 Å². The Labute approximate surface area is 127 Å². The molecule has 0 N–H and O–H groups in total. The number of nitrogens with zero attached hydrogens (tertiary/aromatic N) is 4. The fourth-order valence-corrected chi connectivity index (χ4v) is 2.55. The smallest absolute Gasteiger partial charge is 0.261 e. The van der Waals surface area contributed by atoms with Gasteiger partial charge in [-0.25, -0.2) is 9.97 Å². The van der Waals surface area contributed by atoms with E-state index < -0.39 is 0 Å². The molecule has 0 amide bonds. The van der Waals surface area contributed by atoms with Crippen LogP contribution < -0.4 is 5.56 Å². The highest BCUT2D eigenvalue weighted by molar-refractivity contribution is 6.05. The predicted molar refractivity (Wildman–Crippen MR) is 83.9 cm³/mol. The molecule has 2 aromatic heterocycles. The first-order chi connectivity index (χ1) is 10.4. The van der Waals surface area contributed by atoms with Gasteiger partial charge in [-0.3, -0.25) is 14.2 Å². The molecule has 0 aliphatic heterocycles. The number of ketones is 1. The Morgan fingerprint density at radius 2 is 1.95 bits per heavy atom. The zero-order chi connectivity index (χ0) is 16.0. The molecule has 0 unspecified atom stereocenters. The van der Waals surface area contributed by atoms with Gasteiger partial charge in [0.2, 0.25) is 0 Å². The van der Waals surface area contributed by atoms with Crippen molar-refractivity contribution >= 4 is 16.7 Å². The largest absolute Gasteiger partial charge is 0.340 e. The van der Waals surface area contributed by atoms with Gasteiger partial charge in [0.05, 0.1) is 17.2 Å². The van der Waals surface area contributed by atoms with Crippen LogP contribution in [0, 0.1) is 6.92 Å². The molecule has 0 spiro atoms. The summed E-state index contributed by atoms with van der Waals surface area (Å²) < 4.78 is 3.25. The highest BCUT2D eigenvalue weighted by Crippen LogP contribution is 2.21. The minimum atomic E-state index is -0.183. The monoisotopic (exact) mass is 296 g/mol. The number of aromatic nitrogens is 4. The minimum Gasteiger partial charge on any atom is -0.340 e. The van der Waals surface area contributed by atoms with Gasteiger partial charge in [-0.2, -0.15) is 0 Å². The van der Waals surface area contributed by atoms with Gasteiger partial charge in [-0.1, -0.05) is 0 Å². The summed E-state index contributed by atoms with van der Waals surface area (Å²) in [4.78, 5) is 33.3. The number of carbonyl (C=O) groups excluding carboxylic acids is 1. The Balaban J connectivity index is 2.45. The summed E-state index contributed by atoms with van der Waals surface area (Å²) in [5.74, 6) is 0.339. The number of aryl methyl sites for hydroxylation is 2. The summed E-state index contributed by atoms with van der Waals surface area (Å²) >= 11 is 0. The van der Waals surface area contributed by atoms with Crippen LogP contribution in [0.2, 0.25) is 0 Å². The van der Waals surface area contributed by atoms with Crippen LogP contribution in [-0.4, -0.2) is 24.9 Å². The molecule has 2 heterocycles. The van der Waals surface area contributed by atoms with Crippen molar-refractivity contribution in [3.8, 4) is 11.5 Å². The third kappa shape index (κ3) is 2.13. The molecule has 0 saturated carbocycles. The number of Topliss-reactive ketones (excluding diaryl/α,β-unsaturated/α-hetero) is 1. The first-order valence-electron chi connectivity index (χ1n) is 6.89. The summed E-state index contributed by atoms with van der Waals surface area (Å²) in [6.07, 6.45) is 3.43. The number of hydrogen-bond donors (Lipinski definition) is 0. The minimum absolute atomic E-state index is 0.110.